The maximum absolute atomic E-state index is 12.1. The number of esters is 1. The van der Waals surface area contributed by atoms with Crippen LogP contribution in [0.25, 0.3) is 0 Å². The first kappa shape index (κ1) is 19.8. The molecule has 0 saturated heterocycles. The summed E-state index contributed by atoms with van der Waals surface area (Å²) < 4.78 is 42.6. The number of rotatable bonds is 5. The number of benzene rings is 1. The van der Waals surface area contributed by atoms with E-state index in [2.05, 4.69) is 14.8 Å². The van der Waals surface area contributed by atoms with E-state index in [1.54, 1.807) is 12.1 Å². The van der Waals surface area contributed by atoms with Gasteiger partial charge in [-0.25, -0.2) is 0 Å². The first-order valence-corrected chi connectivity index (χ1v) is 17.1. The zero-order chi connectivity index (χ0) is 17.8. The fraction of sp³-hybridized carbons (Fsp3) is 0.467. The van der Waals surface area contributed by atoms with E-state index in [9.17, 15) is 22.8 Å². The van der Waals surface area contributed by atoms with Gasteiger partial charge in [0.25, 0.3) is 0 Å². The number of ether oxygens (including phenoxy) is 1. The molecule has 1 amide bonds. The summed E-state index contributed by atoms with van der Waals surface area (Å²) in [5.41, 5.74) is 0.697. The molecule has 0 radical (unpaired) electrons. The van der Waals surface area contributed by atoms with Gasteiger partial charge in [0.15, 0.2) is 0 Å². The standard InChI is InChI=1S/C12H11F3NO3.3CH3.Sn/c1-8(17)19-10-4-2-3-9(7-10)5-6-16-11(18)12(13,14)15;;;;/h2-3,7H,5-6H2,1H3,(H,16,18);3*1H3;. The zero-order valence-corrected chi connectivity index (χ0v) is 16.4. The van der Waals surface area contributed by atoms with Crippen molar-refractivity contribution in [2.24, 2.45) is 0 Å². The molecule has 0 aliphatic carbocycles. The van der Waals surface area contributed by atoms with Crippen molar-refractivity contribution < 1.29 is 27.5 Å². The molecule has 0 bridgehead atoms. The Balaban J connectivity index is 2.85. The second-order valence-electron chi connectivity index (χ2n) is 6.18. The Bertz CT molecular complexity index is 595. The average Bonchev–Trinajstić information content (AvgIpc) is 2.35. The molecule has 0 unspecified atom stereocenters. The van der Waals surface area contributed by atoms with E-state index in [0.29, 0.717) is 11.3 Å². The molecular weight excluding hydrogens is 418 g/mol. The molecule has 0 fully saturated rings. The molecule has 1 aromatic rings. The van der Waals surface area contributed by atoms with E-state index in [1.165, 1.54) is 6.92 Å². The van der Waals surface area contributed by atoms with E-state index in [4.69, 9.17) is 4.74 Å². The monoisotopic (exact) mass is 439 g/mol. The molecule has 0 spiro atoms. The summed E-state index contributed by atoms with van der Waals surface area (Å²) in [5.74, 6) is -1.93. The van der Waals surface area contributed by atoms with Crippen LogP contribution in [0.4, 0.5) is 13.2 Å². The fourth-order valence-corrected chi connectivity index (χ4v) is 6.13. The quantitative estimate of drug-likeness (QED) is 0.437. The molecule has 0 aromatic heterocycles. The first-order valence-electron chi connectivity index (χ1n) is 7.08. The average molecular weight is 438 g/mol. The first-order chi connectivity index (χ1) is 10.4. The minimum atomic E-state index is -4.88. The number of carbonyl (C=O) groups excluding carboxylic acids is 2. The van der Waals surface area contributed by atoms with Gasteiger partial charge in [0.05, 0.1) is 0 Å². The van der Waals surface area contributed by atoms with Crippen molar-refractivity contribution in [2.75, 3.05) is 6.54 Å². The maximum atomic E-state index is 12.1. The Labute approximate surface area is 137 Å². The van der Waals surface area contributed by atoms with Crippen LogP contribution in [0.3, 0.4) is 0 Å². The zero-order valence-electron chi connectivity index (χ0n) is 13.5. The van der Waals surface area contributed by atoms with Gasteiger partial charge in [-0.3, -0.25) is 0 Å². The molecule has 0 saturated carbocycles. The van der Waals surface area contributed by atoms with Crippen LogP contribution >= 0.6 is 0 Å². The van der Waals surface area contributed by atoms with Crippen LogP contribution < -0.4 is 13.6 Å². The van der Waals surface area contributed by atoms with Crippen LogP contribution in [0.1, 0.15) is 12.5 Å². The molecule has 1 N–H and O–H groups in total. The van der Waals surface area contributed by atoms with E-state index < -0.39 is 36.4 Å². The van der Waals surface area contributed by atoms with Gasteiger partial charge in [-0.2, -0.15) is 0 Å². The number of hydrogen-bond donors (Lipinski definition) is 1. The molecule has 1 aromatic carbocycles. The summed E-state index contributed by atoms with van der Waals surface area (Å²) in [7, 11) is 0. The van der Waals surface area contributed by atoms with E-state index in [1.807, 2.05) is 11.4 Å². The Morgan fingerprint density at radius 1 is 1.22 bits per heavy atom. The van der Waals surface area contributed by atoms with Crippen LogP contribution in [0, 0.1) is 0 Å². The third-order valence-corrected chi connectivity index (χ3v) is 8.86. The van der Waals surface area contributed by atoms with Crippen LogP contribution in [0.5, 0.6) is 5.75 Å². The summed E-state index contributed by atoms with van der Waals surface area (Å²) in [6.07, 6.45) is -4.66. The Hall–Kier alpha value is -1.25. The second-order valence-corrected chi connectivity index (χ2v) is 20.6. The summed E-state index contributed by atoms with van der Waals surface area (Å²) >= 11 is -2.50. The summed E-state index contributed by atoms with van der Waals surface area (Å²) in [5, 5.41) is 1.82. The van der Waals surface area contributed by atoms with Crippen molar-refractivity contribution in [1.82, 2.24) is 5.32 Å². The number of carbonyl (C=O) groups is 2. The van der Waals surface area contributed by atoms with Crippen LogP contribution in [0.15, 0.2) is 18.2 Å². The van der Waals surface area contributed by atoms with E-state index >= 15 is 0 Å². The van der Waals surface area contributed by atoms with Crippen LogP contribution in [-0.4, -0.2) is 43.0 Å². The van der Waals surface area contributed by atoms with E-state index in [-0.39, 0.29) is 13.0 Å². The van der Waals surface area contributed by atoms with E-state index in [0.717, 1.165) is 3.58 Å². The fourth-order valence-electron chi connectivity index (χ4n) is 2.00. The SMILES string of the molecule is CC(=O)Oc1cc(CCNC(=O)C(F)(F)F)cc[c]1[Sn]([CH3])([CH3])[CH3]. The molecule has 128 valence electrons. The normalized spacial score (nSPS) is 12.0. The number of amides is 1. The van der Waals surface area contributed by atoms with Gasteiger partial charge in [-0.1, -0.05) is 0 Å². The molecule has 0 aliphatic rings. The van der Waals surface area contributed by atoms with Gasteiger partial charge in [0.2, 0.25) is 0 Å². The Kier molecular flexibility index (Phi) is 6.49. The van der Waals surface area contributed by atoms with Gasteiger partial charge in [-0.05, 0) is 0 Å². The topological polar surface area (TPSA) is 55.4 Å². The summed E-state index contributed by atoms with van der Waals surface area (Å²) in [6.45, 7) is 1.16. The predicted molar refractivity (Wildman–Crippen MR) is 83.5 cm³/mol. The van der Waals surface area contributed by atoms with Gasteiger partial charge in [0, 0.05) is 0 Å². The molecule has 0 heterocycles. The van der Waals surface area contributed by atoms with Crippen molar-refractivity contribution in [3.05, 3.63) is 23.8 Å². The molecule has 8 heteroatoms. The van der Waals surface area contributed by atoms with Crippen LogP contribution in [0.2, 0.25) is 14.8 Å². The predicted octanol–water partition coefficient (Wildman–Crippen LogP) is 2.38. The molecule has 4 nitrogen and oxygen atoms in total. The second kappa shape index (κ2) is 7.55. The molecule has 23 heavy (non-hydrogen) atoms. The third-order valence-electron chi connectivity index (χ3n) is 3.06. The number of alkyl halides is 3. The van der Waals surface area contributed by atoms with Crippen molar-refractivity contribution in [1.29, 1.82) is 0 Å². The number of hydrogen-bond acceptors (Lipinski definition) is 3. The van der Waals surface area contributed by atoms with Crippen molar-refractivity contribution in [3.8, 4) is 5.75 Å². The van der Waals surface area contributed by atoms with Gasteiger partial charge in [0.1, 0.15) is 0 Å². The van der Waals surface area contributed by atoms with Crippen molar-refractivity contribution in [3.63, 3.8) is 0 Å². The summed E-state index contributed by atoms with van der Waals surface area (Å²) in [4.78, 5) is 28.5. The Morgan fingerprint density at radius 3 is 2.30 bits per heavy atom. The molecule has 1 rings (SSSR count). The Morgan fingerprint density at radius 2 is 1.83 bits per heavy atom. The molecule has 0 aliphatic heterocycles. The van der Waals surface area contributed by atoms with Gasteiger partial charge in [-0.15, -0.1) is 0 Å². The summed E-state index contributed by atoms with van der Waals surface area (Å²) in [6, 6.07) is 5.33. The van der Waals surface area contributed by atoms with Gasteiger partial charge >= 0.3 is 137 Å². The van der Waals surface area contributed by atoms with Crippen LogP contribution in [-0.2, 0) is 16.0 Å². The third kappa shape index (κ3) is 6.40. The molecule has 0 atom stereocenters. The minimum absolute atomic E-state index is 0.143. The van der Waals surface area contributed by atoms with Crippen molar-refractivity contribution >= 4 is 33.8 Å². The number of nitrogens with one attached hydrogen (secondary N) is 1. The molecular formula is C15H20F3NO3Sn. The van der Waals surface area contributed by atoms with Crippen molar-refractivity contribution in [2.45, 2.75) is 34.3 Å². The van der Waals surface area contributed by atoms with Gasteiger partial charge < -0.3 is 0 Å². The number of halogens is 3.